The molecule has 0 aliphatic rings. The van der Waals surface area contributed by atoms with Crippen LogP contribution in [0.25, 0.3) is 0 Å². The smallest absolute Gasteiger partial charge is 0.264 e. The van der Waals surface area contributed by atoms with Crippen LogP contribution in [0.1, 0.15) is 19.8 Å². The molecule has 0 bridgehead atoms. The molecule has 0 unspecified atom stereocenters. The summed E-state index contributed by atoms with van der Waals surface area (Å²) in [4.78, 5) is 0. The van der Waals surface area contributed by atoms with E-state index in [4.69, 9.17) is 4.55 Å². The first-order chi connectivity index (χ1) is 5.77. The fourth-order valence-corrected chi connectivity index (χ4v) is 1.55. The van der Waals surface area contributed by atoms with E-state index in [-0.39, 0.29) is 5.75 Å². The highest BCUT2D eigenvalue weighted by atomic mass is 32.2. The second kappa shape index (κ2) is 4.93. The molecule has 0 atom stereocenters. The van der Waals surface area contributed by atoms with Gasteiger partial charge in [0.05, 0.1) is 32.9 Å². The van der Waals surface area contributed by atoms with E-state index in [0.29, 0.717) is 6.42 Å². The standard InChI is InChI=1S/C8H19NO3S/c1-4-9(2,3)7-5-6-8-13(10,11)12/h4-8H2,1-3H3/p+1. The summed E-state index contributed by atoms with van der Waals surface area (Å²) < 4.78 is 30.1. The highest BCUT2D eigenvalue weighted by Crippen LogP contribution is 2.02. The molecule has 13 heavy (non-hydrogen) atoms. The molecule has 0 saturated carbocycles. The zero-order valence-corrected chi connectivity index (χ0v) is 9.47. The quantitative estimate of drug-likeness (QED) is 0.400. The summed E-state index contributed by atoms with van der Waals surface area (Å²) in [6.45, 7) is 4.08. The van der Waals surface area contributed by atoms with Crippen LogP contribution < -0.4 is 0 Å². The lowest BCUT2D eigenvalue weighted by Crippen LogP contribution is -2.40. The third-order valence-electron chi connectivity index (χ3n) is 2.27. The van der Waals surface area contributed by atoms with Gasteiger partial charge in [0.25, 0.3) is 10.1 Å². The highest BCUT2D eigenvalue weighted by molar-refractivity contribution is 7.85. The van der Waals surface area contributed by atoms with Crippen molar-refractivity contribution in [3.63, 3.8) is 0 Å². The molecular formula is C8H20NO3S+. The molecule has 1 N–H and O–H groups in total. The summed E-state index contributed by atoms with van der Waals surface area (Å²) in [7, 11) is 0.454. The van der Waals surface area contributed by atoms with Crippen molar-refractivity contribution in [1.82, 2.24) is 0 Å². The molecule has 0 saturated heterocycles. The van der Waals surface area contributed by atoms with E-state index in [1.165, 1.54) is 0 Å². The molecule has 0 aliphatic carbocycles. The number of quaternary nitrogens is 1. The molecule has 0 aromatic rings. The van der Waals surface area contributed by atoms with Crippen molar-refractivity contribution >= 4 is 10.1 Å². The van der Waals surface area contributed by atoms with Crippen LogP contribution in [0.5, 0.6) is 0 Å². The van der Waals surface area contributed by atoms with Crippen molar-refractivity contribution in [3.05, 3.63) is 0 Å². The molecule has 0 rings (SSSR count). The third-order valence-corrected chi connectivity index (χ3v) is 3.08. The molecule has 0 aliphatic heterocycles. The molecule has 0 radical (unpaired) electrons. The summed E-state index contributed by atoms with van der Waals surface area (Å²) in [5.74, 6) is -0.114. The van der Waals surface area contributed by atoms with Crippen molar-refractivity contribution in [1.29, 1.82) is 0 Å². The van der Waals surface area contributed by atoms with Crippen molar-refractivity contribution in [2.24, 2.45) is 0 Å². The van der Waals surface area contributed by atoms with Gasteiger partial charge in [-0.05, 0) is 19.8 Å². The van der Waals surface area contributed by atoms with Crippen LogP contribution in [0.15, 0.2) is 0 Å². The molecule has 0 amide bonds. The van der Waals surface area contributed by atoms with Crippen LogP contribution in [-0.2, 0) is 10.1 Å². The minimum atomic E-state index is -3.76. The summed E-state index contributed by atoms with van der Waals surface area (Å²) in [5.41, 5.74) is 0. The van der Waals surface area contributed by atoms with Gasteiger partial charge in [-0.15, -0.1) is 0 Å². The minimum Gasteiger partial charge on any atom is -0.329 e. The van der Waals surface area contributed by atoms with Crippen LogP contribution in [0.3, 0.4) is 0 Å². The Hall–Kier alpha value is -0.130. The van der Waals surface area contributed by atoms with Gasteiger partial charge in [0.2, 0.25) is 0 Å². The van der Waals surface area contributed by atoms with Crippen molar-refractivity contribution in [3.8, 4) is 0 Å². The molecular weight excluding hydrogens is 190 g/mol. The van der Waals surface area contributed by atoms with Gasteiger partial charge in [-0.25, -0.2) is 0 Å². The van der Waals surface area contributed by atoms with Gasteiger partial charge in [-0.2, -0.15) is 8.42 Å². The van der Waals surface area contributed by atoms with Gasteiger partial charge in [-0.3, -0.25) is 4.55 Å². The van der Waals surface area contributed by atoms with E-state index in [1.807, 2.05) is 0 Å². The van der Waals surface area contributed by atoms with Gasteiger partial charge >= 0.3 is 0 Å². The Morgan fingerprint density at radius 1 is 1.23 bits per heavy atom. The summed E-state index contributed by atoms with van der Waals surface area (Å²) in [6, 6.07) is 0. The molecule has 5 heteroatoms. The Morgan fingerprint density at radius 2 is 1.77 bits per heavy atom. The number of nitrogens with zero attached hydrogens (tertiary/aromatic N) is 1. The van der Waals surface area contributed by atoms with E-state index in [1.54, 1.807) is 0 Å². The van der Waals surface area contributed by atoms with E-state index in [2.05, 4.69) is 21.0 Å². The predicted molar refractivity (Wildman–Crippen MR) is 53.2 cm³/mol. The van der Waals surface area contributed by atoms with E-state index in [9.17, 15) is 8.42 Å². The van der Waals surface area contributed by atoms with Crippen LogP contribution in [0, 0.1) is 0 Å². The Kier molecular flexibility index (Phi) is 4.88. The molecule has 0 fully saturated rings. The maximum Gasteiger partial charge on any atom is 0.264 e. The van der Waals surface area contributed by atoms with Gasteiger partial charge in [-0.1, -0.05) is 0 Å². The zero-order valence-electron chi connectivity index (χ0n) is 8.65. The Morgan fingerprint density at radius 3 is 2.15 bits per heavy atom. The molecule has 0 heterocycles. The van der Waals surface area contributed by atoms with E-state index >= 15 is 0 Å². The third kappa shape index (κ3) is 8.21. The summed E-state index contributed by atoms with van der Waals surface area (Å²) in [5, 5.41) is 0. The van der Waals surface area contributed by atoms with Gasteiger partial charge in [0.1, 0.15) is 0 Å². The molecule has 0 spiro atoms. The number of hydrogen-bond donors (Lipinski definition) is 1. The molecule has 0 aromatic carbocycles. The summed E-state index contributed by atoms with van der Waals surface area (Å²) in [6.07, 6.45) is 1.38. The highest BCUT2D eigenvalue weighted by Gasteiger charge is 2.11. The second-order valence-electron chi connectivity index (χ2n) is 3.97. The maximum atomic E-state index is 10.4. The Balaban J connectivity index is 3.58. The average molecular weight is 210 g/mol. The zero-order chi connectivity index (χ0) is 10.5. The van der Waals surface area contributed by atoms with E-state index < -0.39 is 10.1 Å². The van der Waals surface area contributed by atoms with Crippen molar-refractivity contribution < 1.29 is 17.5 Å². The van der Waals surface area contributed by atoms with Crippen molar-refractivity contribution in [2.75, 3.05) is 32.9 Å². The first-order valence-corrected chi connectivity index (χ1v) is 6.15. The summed E-state index contributed by atoms with van der Waals surface area (Å²) >= 11 is 0. The first-order valence-electron chi connectivity index (χ1n) is 4.54. The fourth-order valence-electron chi connectivity index (χ4n) is 0.982. The number of hydrogen-bond acceptors (Lipinski definition) is 2. The second-order valence-corrected chi connectivity index (χ2v) is 5.54. The molecule has 4 nitrogen and oxygen atoms in total. The lowest BCUT2D eigenvalue weighted by Gasteiger charge is -2.27. The lowest BCUT2D eigenvalue weighted by molar-refractivity contribution is -0.888. The molecule has 80 valence electrons. The minimum absolute atomic E-state index is 0.114. The van der Waals surface area contributed by atoms with Crippen LogP contribution in [0.2, 0.25) is 0 Å². The Labute approximate surface area is 80.9 Å². The van der Waals surface area contributed by atoms with Crippen LogP contribution in [-0.4, -0.2) is 50.4 Å². The number of unbranched alkanes of at least 4 members (excludes halogenated alkanes) is 1. The lowest BCUT2D eigenvalue weighted by atomic mass is 10.3. The SMILES string of the molecule is CC[N+](C)(C)CCCCS(=O)(=O)O. The maximum absolute atomic E-state index is 10.4. The fraction of sp³-hybridized carbons (Fsp3) is 1.00. The average Bonchev–Trinajstić information content (AvgIpc) is 1.97. The topological polar surface area (TPSA) is 54.4 Å². The van der Waals surface area contributed by atoms with Gasteiger partial charge < -0.3 is 4.48 Å². The van der Waals surface area contributed by atoms with Crippen molar-refractivity contribution in [2.45, 2.75) is 19.8 Å². The van der Waals surface area contributed by atoms with Gasteiger partial charge in [0, 0.05) is 0 Å². The largest absolute Gasteiger partial charge is 0.329 e. The van der Waals surface area contributed by atoms with Crippen LogP contribution >= 0.6 is 0 Å². The van der Waals surface area contributed by atoms with Crippen LogP contribution in [0.4, 0.5) is 0 Å². The Bertz CT molecular complexity index is 234. The normalized spacial score (nSPS) is 13.2. The first kappa shape index (κ1) is 12.9. The molecule has 0 aromatic heterocycles. The van der Waals surface area contributed by atoms with Gasteiger partial charge in [0.15, 0.2) is 0 Å². The monoisotopic (exact) mass is 210 g/mol. The predicted octanol–water partition coefficient (Wildman–Crippen LogP) is 0.751. The van der Waals surface area contributed by atoms with E-state index in [0.717, 1.165) is 24.0 Å². The number of rotatable bonds is 6.